The number of thioether (sulfide) groups is 1. The van der Waals surface area contributed by atoms with E-state index in [0.29, 0.717) is 6.61 Å². The number of benzene rings is 2. The first-order valence-corrected chi connectivity index (χ1v) is 8.71. The largest absolute Gasteiger partial charge is 0.486 e. The van der Waals surface area contributed by atoms with Crippen molar-refractivity contribution in [3.05, 3.63) is 53.5 Å². The summed E-state index contributed by atoms with van der Waals surface area (Å²) in [6.45, 7) is 0.440. The highest BCUT2D eigenvalue weighted by Crippen LogP contribution is 2.23. The van der Waals surface area contributed by atoms with Gasteiger partial charge in [-0.1, -0.05) is 23.9 Å². The zero-order chi connectivity index (χ0) is 15.4. The first-order chi connectivity index (χ1) is 10.7. The summed E-state index contributed by atoms with van der Waals surface area (Å²) in [5.74, 6) is 0.751. The zero-order valence-corrected chi connectivity index (χ0v) is 13.5. The maximum absolute atomic E-state index is 11.3. The summed E-state index contributed by atoms with van der Waals surface area (Å²) in [4.78, 5) is 15.8. The molecule has 112 valence electrons. The highest BCUT2D eigenvalue weighted by atomic mass is 32.2. The smallest absolute Gasteiger partial charge is 0.283 e. The molecule has 0 radical (unpaired) electrons. The lowest BCUT2D eigenvalue weighted by molar-refractivity contribution is 0.270. The minimum Gasteiger partial charge on any atom is -0.486 e. The summed E-state index contributed by atoms with van der Waals surface area (Å²) in [6, 6.07) is 15.4. The molecule has 0 aliphatic rings. The molecular formula is C16H14N2O2S2. The third kappa shape index (κ3) is 3.58. The number of hydrogen-bond donors (Lipinski definition) is 1. The third-order valence-electron chi connectivity index (χ3n) is 2.99. The molecule has 0 saturated heterocycles. The van der Waals surface area contributed by atoms with Gasteiger partial charge in [0.2, 0.25) is 0 Å². The Kier molecular flexibility index (Phi) is 4.60. The molecule has 1 heterocycles. The van der Waals surface area contributed by atoms with Gasteiger partial charge in [-0.15, -0.1) is 11.3 Å². The van der Waals surface area contributed by atoms with Crippen LogP contribution in [0.2, 0.25) is 0 Å². The van der Waals surface area contributed by atoms with Crippen LogP contribution in [0.4, 0.5) is 10.5 Å². The van der Waals surface area contributed by atoms with Gasteiger partial charge in [-0.05, 0) is 42.7 Å². The van der Waals surface area contributed by atoms with Gasteiger partial charge in [0, 0.05) is 5.69 Å². The molecule has 0 spiro atoms. The molecule has 22 heavy (non-hydrogen) atoms. The molecule has 1 N–H and O–H groups in total. The SMILES string of the molecule is CSC(=O)Nc1ccc(OCc2nc3ccccc3s2)cc1. The summed E-state index contributed by atoms with van der Waals surface area (Å²) in [7, 11) is 0. The lowest BCUT2D eigenvalue weighted by atomic mass is 10.3. The maximum atomic E-state index is 11.3. The molecule has 3 aromatic rings. The number of fused-ring (bicyclic) bond motifs is 1. The Morgan fingerprint density at radius 2 is 2.00 bits per heavy atom. The lowest BCUT2D eigenvalue weighted by Crippen LogP contribution is -2.03. The molecule has 0 fully saturated rings. The van der Waals surface area contributed by atoms with Crippen LogP contribution in [0.15, 0.2) is 48.5 Å². The lowest BCUT2D eigenvalue weighted by Gasteiger charge is -2.06. The Morgan fingerprint density at radius 3 is 2.73 bits per heavy atom. The van der Waals surface area contributed by atoms with Gasteiger partial charge in [0.05, 0.1) is 10.2 Å². The van der Waals surface area contributed by atoms with Crippen molar-refractivity contribution >= 4 is 44.2 Å². The molecule has 6 heteroatoms. The number of nitrogens with one attached hydrogen (secondary N) is 1. The first-order valence-electron chi connectivity index (χ1n) is 6.67. The highest BCUT2D eigenvalue weighted by Gasteiger charge is 2.04. The summed E-state index contributed by atoms with van der Waals surface area (Å²) in [5, 5.41) is 3.63. The van der Waals surface area contributed by atoms with E-state index in [1.165, 1.54) is 0 Å². The van der Waals surface area contributed by atoms with Crippen LogP contribution in [0, 0.1) is 0 Å². The average molecular weight is 330 g/mol. The molecule has 0 aliphatic heterocycles. The summed E-state index contributed by atoms with van der Waals surface area (Å²) >= 11 is 2.78. The number of ether oxygens (including phenoxy) is 1. The highest BCUT2D eigenvalue weighted by molar-refractivity contribution is 8.13. The van der Waals surface area contributed by atoms with Gasteiger partial charge < -0.3 is 10.1 Å². The van der Waals surface area contributed by atoms with Crippen molar-refractivity contribution in [1.29, 1.82) is 0 Å². The molecule has 0 unspecified atom stereocenters. The van der Waals surface area contributed by atoms with Crippen LogP contribution in [-0.2, 0) is 6.61 Å². The van der Waals surface area contributed by atoms with Gasteiger partial charge in [-0.3, -0.25) is 4.79 Å². The van der Waals surface area contributed by atoms with E-state index < -0.39 is 0 Å². The van der Waals surface area contributed by atoms with Crippen LogP contribution < -0.4 is 10.1 Å². The number of amides is 1. The van der Waals surface area contributed by atoms with E-state index >= 15 is 0 Å². The number of rotatable bonds is 4. The maximum Gasteiger partial charge on any atom is 0.283 e. The van der Waals surface area contributed by atoms with Crippen LogP contribution in [0.25, 0.3) is 10.2 Å². The van der Waals surface area contributed by atoms with Gasteiger partial charge in [-0.2, -0.15) is 0 Å². The molecule has 1 amide bonds. The number of aromatic nitrogens is 1. The quantitative estimate of drug-likeness (QED) is 0.748. The summed E-state index contributed by atoms with van der Waals surface area (Å²) in [6.07, 6.45) is 1.74. The van der Waals surface area contributed by atoms with E-state index in [1.54, 1.807) is 17.6 Å². The minimum atomic E-state index is -0.0804. The number of thiazole rings is 1. The van der Waals surface area contributed by atoms with Crippen molar-refractivity contribution in [2.45, 2.75) is 6.61 Å². The molecule has 2 aromatic carbocycles. The summed E-state index contributed by atoms with van der Waals surface area (Å²) in [5.41, 5.74) is 1.76. The average Bonchev–Trinajstić information content (AvgIpc) is 2.97. The Bertz CT molecular complexity index is 751. The Hall–Kier alpha value is -2.05. The van der Waals surface area contributed by atoms with Gasteiger partial charge in [0.15, 0.2) is 0 Å². The number of nitrogens with zero attached hydrogens (tertiary/aromatic N) is 1. The van der Waals surface area contributed by atoms with E-state index in [2.05, 4.69) is 16.4 Å². The first kappa shape index (κ1) is 14.9. The molecule has 4 nitrogen and oxygen atoms in total. The van der Waals surface area contributed by atoms with Crippen molar-refractivity contribution in [2.75, 3.05) is 11.6 Å². The van der Waals surface area contributed by atoms with Crippen LogP contribution in [0.1, 0.15) is 5.01 Å². The van der Waals surface area contributed by atoms with E-state index in [0.717, 1.165) is 38.4 Å². The van der Waals surface area contributed by atoms with Crippen molar-refractivity contribution in [2.24, 2.45) is 0 Å². The van der Waals surface area contributed by atoms with E-state index in [1.807, 2.05) is 42.5 Å². The summed E-state index contributed by atoms with van der Waals surface area (Å²) < 4.78 is 6.90. The Balaban J connectivity index is 1.62. The molecule has 0 bridgehead atoms. The van der Waals surface area contributed by atoms with E-state index in [-0.39, 0.29) is 5.24 Å². The van der Waals surface area contributed by atoms with Gasteiger partial charge in [-0.25, -0.2) is 4.98 Å². The minimum absolute atomic E-state index is 0.0804. The monoisotopic (exact) mass is 330 g/mol. The fourth-order valence-corrected chi connectivity index (χ4v) is 3.03. The van der Waals surface area contributed by atoms with Crippen molar-refractivity contribution in [3.63, 3.8) is 0 Å². The molecule has 0 aliphatic carbocycles. The van der Waals surface area contributed by atoms with Crippen LogP contribution in [-0.4, -0.2) is 16.5 Å². The topological polar surface area (TPSA) is 51.2 Å². The Labute approximate surface area is 136 Å². The van der Waals surface area contributed by atoms with E-state index in [4.69, 9.17) is 4.74 Å². The molecule has 1 aromatic heterocycles. The van der Waals surface area contributed by atoms with Gasteiger partial charge in [0.1, 0.15) is 17.4 Å². The second-order valence-electron chi connectivity index (χ2n) is 4.50. The predicted octanol–water partition coefficient (Wildman–Crippen LogP) is 4.77. The van der Waals surface area contributed by atoms with Gasteiger partial charge >= 0.3 is 0 Å². The predicted molar refractivity (Wildman–Crippen MR) is 92.9 cm³/mol. The van der Waals surface area contributed by atoms with Crippen molar-refractivity contribution < 1.29 is 9.53 Å². The Morgan fingerprint density at radius 1 is 1.23 bits per heavy atom. The molecule has 3 rings (SSSR count). The number of hydrogen-bond acceptors (Lipinski definition) is 5. The van der Waals surface area contributed by atoms with Crippen molar-refractivity contribution in [3.8, 4) is 5.75 Å². The van der Waals surface area contributed by atoms with Gasteiger partial charge in [0.25, 0.3) is 5.24 Å². The van der Waals surface area contributed by atoms with E-state index in [9.17, 15) is 4.79 Å². The van der Waals surface area contributed by atoms with Crippen molar-refractivity contribution in [1.82, 2.24) is 4.98 Å². The van der Waals surface area contributed by atoms with Crippen LogP contribution in [0.5, 0.6) is 5.75 Å². The number of para-hydroxylation sites is 1. The molecule has 0 atom stereocenters. The molecular weight excluding hydrogens is 316 g/mol. The number of carbonyl (C=O) groups excluding carboxylic acids is 1. The van der Waals surface area contributed by atoms with Crippen LogP contribution in [0.3, 0.4) is 0 Å². The second-order valence-corrected chi connectivity index (χ2v) is 6.40. The fraction of sp³-hybridized carbons (Fsp3) is 0.125. The normalized spacial score (nSPS) is 10.6. The standard InChI is InChI=1S/C16H14N2O2S2/c1-21-16(19)17-11-6-8-12(9-7-11)20-10-15-18-13-4-2-3-5-14(13)22-15/h2-9H,10H2,1H3,(H,17,19). The van der Waals surface area contributed by atoms with Crippen LogP contribution >= 0.6 is 23.1 Å². The zero-order valence-electron chi connectivity index (χ0n) is 11.9. The second kappa shape index (κ2) is 6.81. The molecule has 0 saturated carbocycles. The third-order valence-corrected chi connectivity index (χ3v) is 4.47. The fourth-order valence-electron chi connectivity index (χ4n) is 1.93. The number of carbonyl (C=O) groups is 1. The number of anilines is 1.